The highest BCUT2D eigenvalue weighted by Crippen LogP contribution is 2.27. The van der Waals surface area contributed by atoms with Crippen LogP contribution in [0.5, 0.6) is 0 Å². The lowest BCUT2D eigenvalue weighted by atomic mass is 10.2. The molecule has 1 heterocycles. The predicted octanol–water partition coefficient (Wildman–Crippen LogP) is 4.22. The average molecular weight is 316 g/mol. The maximum absolute atomic E-state index is 12.1. The predicted molar refractivity (Wildman–Crippen MR) is 78.4 cm³/mol. The Kier molecular flexibility index (Phi) is 4.39. The van der Waals surface area contributed by atoms with Crippen molar-refractivity contribution >= 4 is 45.6 Å². The van der Waals surface area contributed by atoms with Crippen LogP contribution in [0.15, 0.2) is 18.2 Å². The monoisotopic (exact) mass is 315 g/mol. The average Bonchev–Trinajstić information content (AvgIpc) is 2.81. The van der Waals surface area contributed by atoms with Crippen LogP contribution in [0.3, 0.4) is 0 Å². The van der Waals surface area contributed by atoms with E-state index in [9.17, 15) is 4.79 Å². The van der Waals surface area contributed by atoms with Crippen LogP contribution in [0.1, 0.15) is 35.1 Å². The first-order chi connectivity index (χ1) is 8.99. The summed E-state index contributed by atoms with van der Waals surface area (Å²) in [6.07, 6.45) is 0. The molecule has 0 bridgehead atoms. The van der Waals surface area contributed by atoms with Gasteiger partial charge < -0.3 is 0 Å². The number of nitrogens with one attached hydrogen (secondary N) is 1. The largest absolute Gasteiger partial charge is 0.296 e. The summed E-state index contributed by atoms with van der Waals surface area (Å²) < 4.78 is 0. The number of halogens is 2. The summed E-state index contributed by atoms with van der Waals surface area (Å²) in [5.74, 6) is -0.0723. The van der Waals surface area contributed by atoms with Crippen molar-refractivity contribution < 1.29 is 4.79 Å². The van der Waals surface area contributed by atoms with Gasteiger partial charge in [-0.25, -0.2) is 0 Å². The van der Waals surface area contributed by atoms with Crippen molar-refractivity contribution in [1.82, 2.24) is 10.2 Å². The third-order valence-corrected chi connectivity index (χ3v) is 4.31. The first-order valence-electron chi connectivity index (χ1n) is 5.57. The van der Waals surface area contributed by atoms with Gasteiger partial charge in [0.1, 0.15) is 5.01 Å². The minimum Gasteiger partial charge on any atom is -0.296 e. The van der Waals surface area contributed by atoms with Crippen LogP contribution in [0.4, 0.5) is 5.13 Å². The SMILES string of the molecule is CC(C)c1nnc(NC(=O)c2cccc(Cl)c2Cl)s1. The van der Waals surface area contributed by atoms with E-state index < -0.39 is 0 Å². The molecule has 4 nitrogen and oxygen atoms in total. The standard InChI is InChI=1S/C12H11Cl2N3OS/c1-6(2)11-16-17-12(19-11)15-10(18)7-4-3-5-8(13)9(7)14/h3-6H,1-2H3,(H,15,17,18). The van der Waals surface area contributed by atoms with Crippen LogP contribution in [0.2, 0.25) is 10.0 Å². The number of nitrogens with zero attached hydrogens (tertiary/aromatic N) is 2. The molecule has 1 N–H and O–H groups in total. The van der Waals surface area contributed by atoms with E-state index in [0.29, 0.717) is 15.7 Å². The summed E-state index contributed by atoms with van der Waals surface area (Å²) in [4.78, 5) is 12.1. The van der Waals surface area contributed by atoms with Crippen LogP contribution in [-0.4, -0.2) is 16.1 Å². The van der Waals surface area contributed by atoms with Crippen molar-refractivity contribution in [3.8, 4) is 0 Å². The first kappa shape index (κ1) is 14.2. The second-order valence-electron chi connectivity index (χ2n) is 4.16. The molecule has 0 radical (unpaired) electrons. The van der Waals surface area contributed by atoms with Crippen LogP contribution in [0, 0.1) is 0 Å². The Morgan fingerprint density at radius 1 is 1.32 bits per heavy atom. The normalized spacial score (nSPS) is 10.8. The summed E-state index contributed by atoms with van der Waals surface area (Å²) in [6.45, 7) is 4.03. The van der Waals surface area contributed by atoms with Crippen molar-refractivity contribution in [2.45, 2.75) is 19.8 Å². The highest BCUT2D eigenvalue weighted by Gasteiger charge is 2.15. The number of rotatable bonds is 3. The van der Waals surface area contributed by atoms with E-state index in [0.717, 1.165) is 5.01 Å². The number of amides is 1. The van der Waals surface area contributed by atoms with Gasteiger partial charge in [0, 0.05) is 5.92 Å². The van der Waals surface area contributed by atoms with E-state index in [1.165, 1.54) is 11.3 Å². The highest BCUT2D eigenvalue weighted by molar-refractivity contribution is 7.15. The fourth-order valence-corrected chi connectivity index (χ4v) is 2.49. The summed E-state index contributed by atoms with van der Waals surface area (Å²) in [6, 6.07) is 4.90. The lowest BCUT2D eigenvalue weighted by Crippen LogP contribution is -2.12. The number of carbonyl (C=O) groups is 1. The molecule has 19 heavy (non-hydrogen) atoms. The summed E-state index contributed by atoms with van der Waals surface area (Å²) in [5, 5.41) is 12.5. The zero-order valence-electron chi connectivity index (χ0n) is 10.3. The number of carbonyl (C=O) groups excluding carboxylic acids is 1. The maximum atomic E-state index is 12.1. The second kappa shape index (κ2) is 5.86. The van der Waals surface area contributed by atoms with Gasteiger partial charge in [-0.3, -0.25) is 10.1 Å². The van der Waals surface area contributed by atoms with Crippen LogP contribution >= 0.6 is 34.5 Å². The van der Waals surface area contributed by atoms with Gasteiger partial charge in [-0.1, -0.05) is 54.5 Å². The molecule has 0 aliphatic carbocycles. The highest BCUT2D eigenvalue weighted by atomic mass is 35.5. The molecule has 100 valence electrons. The van der Waals surface area contributed by atoms with E-state index in [1.54, 1.807) is 18.2 Å². The number of hydrogen-bond acceptors (Lipinski definition) is 4. The van der Waals surface area contributed by atoms with Crippen molar-refractivity contribution in [1.29, 1.82) is 0 Å². The molecule has 7 heteroatoms. The van der Waals surface area contributed by atoms with E-state index in [1.807, 2.05) is 13.8 Å². The van der Waals surface area contributed by atoms with Crippen molar-refractivity contribution in [2.24, 2.45) is 0 Å². The molecule has 0 spiro atoms. The van der Waals surface area contributed by atoms with Gasteiger partial charge in [-0.05, 0) is 12.1 Å². The Labute approximate surface area is 124 Å². The number of benzene rings is 1. The fraction of sp³-hybridized carbons (Fsp3) is 0.250. The molecule has 1 amide bonds. The van der Waals surface area contributed by atoms with Gasteiger partial charge in [0.15, 0.2) is 0 Å². The molecule has 0 unspecified atom stereocenters. The Morgan fingerprint density at radius 2 is 2.05 bits per heavy atom. The Bertz CT molecular complexity index is 613. The number of aromatic nitrogens is 2. The lowest BCUT2D eigenvalue weighted by Gasteiger charge is -2.04. The topological polar surface area (TPSA) is 54.9 Å². The fourth-order valence-electron chi connectivity index (χ4n) is 1.36. The minimum absolute atomic E-state index is 0.232. The molecule has 2 rings (SSSR count). The third kappa shape index (κ3) is 3.23. The van der Waals surface area contributed by atoms with Gasteiger partial charge in [-0.2, -0.15) is 0 Å². The Morgan fingerprint density at radius 3 is 2.68 bits per heavy atom. The number of anilines is 1. The summed E-state index contributed by atoms with van der Waals surface area (Å²) >= 11 is 13.2. The Balaban J connectivity index is 2.18. The van der Waals surface area contributed by atoms with Crippen molar-refractivity contribution in [2.75, 3.05) is 5.32 Å². The summed E-state index contributed by atoms with van der Waals surface area (Å²) in [5.41, 5.74) is 0.315. The third-order valence-electron chi connectivity index (χ3n) is 2.35. The molecule has 2 aromatic rings. The quantitative estimate of drug-likeness (QED) is 0.922. The van der Waals surface area contributed by atoms with Crippen molar-refractivity contribution in [3.05, 3.63) is 38.8 Å². The first-order valence-corrected chi connectivity index (χ1v) is 7.15. The van der Waals surface area contributed by atoms with E-state index in [4.69, 9.17) is 23.2 Å². The molecule has 0 saturated heterocycles. The molecular formula is C12H11Cl2N3OS. The molecule has 1 aromatic heterocycles. The maximum Gasteiger partial charge on any atom is 0.259 e. The van der Waals surface area contributed by atoms with Crippen LogP contribution in [0.25, 0.3) is 0 Å². The minimum atomic E-state index is -0.348. The molecule has 0 saturated carbocycles. The van der Waals surface area contributed by atoms with Crippen LogP contribution in [-0.2, 0) is 0 Å². The molecular weight excluding hydrogens is 305 g/mol. The molecule has 0 aliphatic rings. The smallest absolute Gasteiger partial charge is 0.259 e. The van der Waals surface area contributed by atoms with Gasteiger partial charge >= 0.3 is 0 Å². The number of hydrogen-bond donors (Lipinski definition) is 1. The zero-order valence-corrected chi connectivity index (χ0v) is 12.6. The zero-order chi connectivity index (χ0) is 14.0. The summed E-state index contributed by atoms with van der Waals surface area (Å²) in [7, 11) is 0. The lowest BCUT2D eigenvalue weighted by molar-refractivity contribution is 0.102. The molecule has 0 fully saturated rings. The Hall–Kier alpha value is -1.17. The molecule has 0 atom stereocenters. The van der Waals surface area contributed by atoms with Gasteiger partial charge in [0.05, 0.1) is 15.6 Å². The van der Waals surface area contributed by atoms with Gasteiger partial charge in [-0.15, -0.1) is 10.2 Å². The van der Waals surface area contributed by atoms with E-state index >= 15 is 0 Å². The van der Waals surface area contributed by atoms with Gasteiger partial charge in [0.25, 0.3) is 5.91 Å². The molecule has 0 aliphatic heterocycles. The van der Waals surface area contributed by atoms with Crippen LogP contribution < -0.4 is 5.32 Å². The van der Waals surface area contributed by atoms with Gasteiger partial charge in [0.2, 0.25) is 5.13 Å². The molecule has 1 aromatic carbocycles. The van der Waals surface area contributed by atoms with E-state index in [-0.39, 0.29) is 16.8 Å². The second-order valence-corrected chi connectivity index (χ2v) is 5.95. The van der Waals surface area contributed by atoms with Crippen molar-refractivity contribution in [3.63, 3.8) is 0 Å². The van der Waals surface area contributed by atoms with E-state index in [2.05, 4.69) is 15.5 Å².